The Bertz CT molecular complexity index is 2580. The summed E-state index contributed by atoms with van der Waals surface area (Å²) in [5.41, 5.74) is 0.789. The molecule has 23 heteroatoms. The summed E-state index contributed by atoms with van der Waals surface area (Å²) in [5, 5.41) is 19.4. The predicted molar refractivity (Wildman–Crippen MR) is 333 cm³/mol. The largest absolute Gasteiger partial charge is 0.391 e. The van der Waals surface area contributed by atoms with E-state index in [0.717, 1.165) is 29.7 Å². The summed E-state index contributed by atoms with van der Waals surface area (Å²) in [7, 11) is 8.59. The molecule has 0 spiro atoms. The highest BCUT2D eigenvalue weighted by atomic mass is 32.2. The van der Waals surface area contributed by atoms with E-state index < -0.39 is 114 Å². The molecule has 0 aliphatic carbocycles. The monoisotopic (exact) mass is 1220 g/mol. The van der Waals surface area contributed by atoms with Crippen LogP contribution in [0.1, 0.15) is 112 Å². The lowest BCUT2D eigenvalue weighted by atomic mass is 9.98. The molecule has 0 aromatic heterocycles. The first-order chi connectivity index (χ1) is 40.2. The van der Waals surface area contributed by atoms with Crippen LogP contribution in [0.2, 0.25) is 0 Å². The minimum absolute atomic E-state index is 0.0134. The number of nitrogens with zero attached hydrogens (tertiary/aromatic N) is 7. The standard InChI is InChI=1S/C63H100N10O12S/c1-40(2)33-49(56(78)64-47(38-85-63(8,9)10)55(77)65-48(39-86-17)59(81)73-31-25-20-26-32-73)70(14)53(76)37-67(11)62(84)54(43(6)74)66-57(79)50(34-41(3)4)71(15)61(83)52(36-46-29-23-19-24-30-46)72(16)58(80)42(5)68(12)60(82)51(69(13)44(7)75)35-45-27-21-18-22-28-45/h18-19,21-24,27-30,40-43,47-52,54,74H,20,25-26,31-39H2,1-17H3,(H,64,78)(H,65,77)(H,66,79)/t42-,43+,47-,48-,49-,50-,51-,52-,54-/m0/s1. The van der Waals surface area contributed by atoms with E-state index in [9.17, 15) is 48.3 Å². The van der Waals surface area contributed by atoms with Crippen LogP contribution in [0.4, 0.5) is 0 Å². The fourth-order valence-electron chi connectivity index (χ4n) is 10.1. The average molecular weight is 1220 g/mol. The first-order valence-electron chi connectivity index (χ1n) is 29.8. The smallest absolute Gasteiger partial charge is 0.248 e. The SMILES string of the molecule is CSC[C@H](NC(=O)[C@H](COC(C)(C)C)NC(=O)[C@H](CC(C)C)N(C)C(=O)CN(C)C(=O)[C@@H](NC(=O)[C@H](CC(C)C)N(C)C(=O)[C@H](Cc1ccccc1)N(C)C(=O)[C@H](C)N(C)C(=O)[C@H](Cc1ccccc1)N(C)C(C)=O)[C@@H](C)O)C(=O)N1CCCCC1. The van der Waals surface area contributed by atoms with Crippen LogP contribution in [-0.4, -0.2) is 239 Å². The van der Waals surface area contributed by atoms with Crippen molar-refractivity contribution in [3.8, 4) is 0 Å². The van der Waals surface area contributed by atoms with Crippen LogP contribution in [0.15, 0.2) is 60.7 Å². The van der Waals surface area contributed by atoms with Gasteiger partial charge in [-0.05, 0) is 95.9 Å². The highest BCUT2D eigenvalue weighted by molar-refractivity contribution is 7.98. The number of carbonyl (C=O) groups is 10. The average Bonchev–Trinajstić information content (AvgIpc) is 3.67. The lowest BCUT2D eigenvalue weighted by Crippen LogP contribution is -2.61. The normalized spacial score (nSPS) is 15.7. The van der Waals surface area contributed by atoms with E-state index in [0.29, 0.717) is 24.4 Å². The van der Waals surface area contributed by atoms with Gasteiger partial charge in [-0.25, -0.2) is 0 Å². The van der Waals surface area contributed by atoms with Gasteiger partial charge in [0.1, 0.15) is 48.3 Å². The maximum absolute atomic E-state index is 15.0. The van der Waals surface area contributed by atoms with Crippen molar-refractivity contribution in [3.05, 3.63) is 71.8 Å². The quantitative estimate of drug-likeness (QED) is 0.0847. The number of piperidine rings is 1. The molecule has 0 unspecified atom stereocenters. The summed E-state index contributed by atoms with van der Waals surface area (Å²) < 4.78 is 6.00. The number of carbonyl (C=O) groups excluding carboxylic acids is 10. The summed E-state index contributed by atoms with van der Waals surface area (Å²) in [6.45, 7) is 17.3. The van der Waals surface area contributed by atoms with Gasteiger partial charge in [0.2, 0.25) is 59.1 Å². The van der Waals surface area contributed by atoms with Gasteiger partial charge in [0, 0.05) is 80.9 Å². The van der Waals surface area contributed by atoms with E-state index in [1.807, 2.05) is 64.3 Å². The zero-order valence-corrected chi connectivity index (χ0v) is 54.9. The van der Waals surface area contributed by atoms with Gasteiger partial charge in [0.05, 0.1) is 24.9 Å². The third kappa shape index (κ3) is 22.3. The molecule has 0 saturated carbocycles. The molecule has 0 radical (unpaired) electrons. The van der Waals surface area contributed by atoms with E-state index >= 15 is 4.79 Å². The number of aliphatic hydroxyl groups is 1. The van der Waals surface area contributed by atoms with Crippen LogP contribution < -0.4 is 16.0 Å². The molecule has 2 aromatic carbocycles. The van der Waals surface area contributed by atoms with E-state index in [2.05, 4.69) is 16.0 Å². The number of likely N-dealkylation sites (tertiary alicyclic amines) is 1. The fourth-order valence-corrected chi connectivity index (χ4v) is 10.6. The van der Waals surface area contributed by atoms with E-state index in [4.69, 9.17) is 4.74 Å². The number of likely N-dealkylation sites (N-methyl/N-ethyl adjacent to an activating group) is 6. The summed E-state index contributed by atoms with van der Waals surface area (Å²) >= 11 is 1.40. The van der Waals surface area contributed by atoms with Crippen LogP contribution in [0.5, 0.6) is 0 Å². The van der Waals surface area contributed by atoms with Crippen molar-refractivity contribution in [1.29, 1.82) is 0 Å². The zero-order valence-electron chi connectivity index (χ0n) is 54.1. The van der Waals surface area contributed by atoms with Crippen molar-refractivity contribution in [3.63, 3.8) is 0 Å². The van der Waals surface area contributed by atoms with E-state index in [1.165, 1.54) is 99.3 Å². The number of hydrogen-bond acceptors (Lipinski definition) is 13. The summed E-state index contributed by atoms with van der Waals surface area (Å²) in [6.07, 6.45) is 3.51. The number of rotatable bonds is 31. The van der Waals surface area contributed by atoms with Crippen molar-refractivity contribution in [2.24, 2.45) is 11.8 Å². The summed E-state index contributed by atoms with van der Waals surface area (Å²) in [5.74, 6) is -5.92. The van der Waals surface area contributed by atoms with E-state index in [-0.39, 0.29) is 55.9 Å². The van der Waals surface area contributed by atoms with Crippen molar-refractivity contribution < 1.29 is 57.8 Å². The summed E-state index contributed by atoms with van der Waals surface area (Å²) in [4.78, 5) is 151. The molecule has 1 heterocycles. The second-order valence-electron chi connectivity index (χ2n) is 24.7. The van der Waals surface area contributed by atoms with Gasteiger partial charge in [0.25, 0.3) is 0 Å². The zero-order chi connectivity index (χ0) is 64.9. The van der Waals surface area contributed by atoms with Gasteiger partial charge < -0.3 is 60.1 Å². The first kappa shape index (κ1) is 73.7. The second kappa shape index (κ2) is 34.7. The van der Waals surface area contributed by atoms with Gasteiger partial charge in [-0.1, -0.05) is 88.4 Å². The number of hydrogen-bond donors (Lipinski definition) is 4. The molecule has 1 aliphatic rings. The Labute approximate surface area is 515 Å². The molecular weight excluding hydrogens is 1120 g/mol. The van der Waals surface area contributed by atoms with Gasteiger partial charge in [-0.2, -0.15) is 11.8 Å². The Morgan fingerprint density at radius 2 is 1.03 bits per heavy atom. The number of aliphatic hydroxyl groups excluding tert-OH is 1. The van der Waals surface area contributed by atoms with Gasteiger partial charge >= 0.3 is 0 Å². The van der Waals surface area contributed by atoms with Crippen LogP contribution in [0.3, 0.4) is 0 Å². The molecule has 4 N–H and O–H groups in total. The second-order valence-corrected chi connectivity index (χ2v) is 25.6. The fraction of sp³-hybridized carbons (Fsp3) is 0.651. The van der Waals surface area contributed by atoms with Gasteiger partial charge in [-0.15, -0.1) is 0 Å². The maximum Gasteiger partial charge on any atom is 0.248 e. The van der Waals surface area contributed by atoms with Crippen molar-refractivity contribution >= 4 is 70.8 Å². The van der Waals surface area contributed by atoms with Crippen LogP contribution in [-0.2, 0) is 65.5 Å². The molecule has 3 rings (SSSR count). The number of benzene rings is 2. The first-order valence-corrected chi connectivity index (χ1v) is 31.2. The Morgan fingerprint density at radius 1 is 0.581 bits per heavy atom. The highest BCUT2D eigenvalue weighted by Crippen LogP contribution is 2.21. The third-order valence-corrected chi connectivity index (χ3v) is 16.2. The lowest BCUT2D eigenvalue weighted by molar-refractivity contribution is -0.153. The van der Waals surface area contributed by atoms with E-state index in [1.54, 1.807) is 56.0 Å². The molecule has 1 aliphatic heterocycles. The van der Waals surface area contributed by atoms with Crippen LogP contribution >= 0.6 is 11.8 Å². The predicted octanol–water partition coefficient (Wildman–Crippen LogP) is 3.22. The van der Waals surface area contributed by atoms with Crippen molar-refractivity contribution in [1.82, 2.24) is 50.2 Å². The number of ether oxygens (including phenoxy) is 1. The molecule has 2 aromatic rings. The van der Waals surface area contributed by atoms with Gasteiger partial charge in [0.15, 0.2) is 0 Å². The Balaban J connectivity index is 1.89. The van der Waals surface area contributed by atoms with Crippen molar-refractivity contribution in [2.75, 3.05) is 80.5 Å². The van der Waals surface area contributed by atoms with Crippen LogP contribution in [0, 0.1) is 11.8 Å². The molecule has 10 amide bonds. The lowest BCUT2D eigenvalue weighted by Gasteiger charge is -2.38. The Kier molecular flexibility index (Phi) is 29.7. The molecule has 0 bridgehead atoms. The maximum atomic E-state index is 15.0. The molecule has 1 fully saturated rings. The number of thioether (sulfide) groups is 1. The van der Waals surface area contributed by atoms with Crippen LogP contribution in [0.25, 0.3) is 0 Å². The number of nitrogens with one attached hydrogen (secondary N) is 3. The summed E-state index contributed by atoms with van der Waals surface area (Å²) in [6, 6.07) is 8.74. The molecule has 1 saturated heterocycles. The third-order valence-electron chi connectivity index (χ3n) is 15.6. The molecule has 86 heavy (non-hydrogen) atoms. The minimum atomic E-state index is -1.62. The minimum Gasteiger partial charge on any atom is -0.391 e. The molecule has 22 nitrogen and oxygen atoms in total. The Hall–Kier alpha value is -6.59. The van der Waals surface area contributed by atoms with Gasteiger partial charge in [-0.3, -0.25) is 47.9 Å². The Morgan fingerprint density at radius 3 is 1.50 bits per heavy atom. The molecule has 480 valence electrons. The molecule has 9 atom stereocenters. The number of amides is 10. The van der Waals surface area contributed by atoms with Crippen molar-refractivity contribution in [2.45, 2.75) is 174 Å². The topological polar surface area (TPSA) is 259 Å². The molecular formula is C63H100N10O12S. The highest BCUT2D eigenvalue weighted by Gasteiger charge is 2.42.